The van der Waals surface area contributed by atoms with Crippen LogP contribution in [-0.4, -0.2) is 54.1 Å². The molecule has 0 atom stereocenters. The van der Waals surface area contributed by atoms with E-state index in [0.29, 0.717) is 12.3 Å². The van der Waals surface area contributed by atoms with Gasteiger partial charge in [0.1, 0.15) is 5.75 Å². The van der Waals surface area contributed by atoms with Crippen molar-refractivity contribution >= 4 is 46.2 Å². The van der Waals surface area contributed by atoms with Crippen LogP contribution in [0.15, 0.2) is 18.2 Å². The summed E-state index contributed by atoms with van der Waals surface area (Å²) in [7, 11) is 0. The standard InChI is InChI=1S/C15H15ClF2N2O5S/c16-10-7-9(1-2-11(10)25-14(17)18)19-12(21)8-24-13(22)3-4-20-5-6-26-15(20)23/h1-2,7,14H,3-6,8H2,(H,19,21). The zero-order valence-electron chi connectivity index (χ0n) is 13.4. The van der Waals surface area contributed by atoms with Gasteiger partial charge >= 0.3 is 12.6 Å². The first-order valence-electron chi connectivity index (χ1n) is 7.46. The van der Waals surface area contributed by atoms with Crippen molar-refractivity contribution in [2.45, 2.75) is 13.0 Å². The number of anilines is 1. The smallest absolute Gasteiger partial charge is 0.387 e. The van der Waals surface area contributed by atoms with Crippen molar-refractivity contribution in [1.29, 1.82) is 0 Å². The summed E-state index contributed by atoms with van der Waals surface area (Å²) in [6, 6.07) is 3.73. The molecule has 1 aromatic carbocycles. The van der Waals surface area contributed by atoms with Crippen molar-refractivity contribution in [2.24, 2.45) is 0 Å². The molecule has 7 nitrogen and oxygen atoms in total. The van der Waals surface area contributed by atoms with E-state index in [1.807, 2.05) is 0 Å². The van der Waals surface area contributed by atoms with Gasteiger partial charge in [-0.05, 0) is 18.2 Å². The van der Waals surface area contributed by atoms with Crippen molar-refractivity contribution in [1.82, 2.24) is 4.90 Å². The third-order valence-electron chi connectivity index (χ3n) is 3.23. The van der Waals surface area contributed by atoms with E-state index in [4.69, 9.17) is 16.3 Å². The van der Waals surface area contributed by atoms with Gasteiger partial charge in [0.25, 0.3) is 11.1 Å². The van der Waals surface area contributed by atoms with Crippen LogP contribution in [0.4, 0.5) is 19.3 Å². The predicted molar refractivity (Wildman–Crippen MR) is 91.7 cm³/mol. The molecule has 0 aromatic heterocycles. The molecule has 1 N–H and O–H groups in total. The molecule has 1 aromatic rings. The van der Waals surface area contributed by atoms with Crippen LogP contribution < -0.4 is 10.1 Å². The fraction of sp³-hybridized carbons (Fsp3) is 0.400. The van der Waals surface area contributed by atoms with Crippen LogP contribution >= 0.6 is 23.4 Å². The van der Waals surface area contributed by atoms with Crippen LogP contribution in [0.1, 0.15) is 6.42 Å². The summed E-state index contributed by atoms with van der Waals surface area (Å²) in [4.78, 5) is 36.3. The zero-order valence-corrected chi connectivity index (χ0v) is 14.9. The van der Waals surface area contributed by atoms with E-state index < -0.39 is 25.1 Å². The molecule has 0 bridgehead atoms. The highest BCUT2D eigenvalue weighted by molar-refractivity contribution is 8.13. The molecule has 2 rings (SSSR count). The molecule has 1 heterocycles. The minimum atomic E-state index is -3.01. The van der Waals surface area contributed by atoms with Gasteiger partial charge in [-0.25, -0.2) is 0 Å². The second-order valence-corrected chi connectivity index (χ2v) is 6.54. The molecule has 1 saturated heterocycles. The van der Waals surface area contributed by atoms with E-state index in [1.165, 1.54) is 34.9 Å². The zero-order chi connectivity index (χ0) is 19.1. The molecule has 11 heteroatoms. The van der Waals surface area contributed by atoms with Gasteiger partial charge in [-0.2, -0.15) is 8.78 Å². The summed E-state index contributed by atoms with van der Waals surface area (Å²) in [6.45, 7) is -2.70. The number of hydrogen-bond donors (Lipinski definition) is 1. The van der Waals surface area contributed by atoms with Crippen molar-refractivity contribution in [3.63, 3.8) is 0 Å². The van der Waals surface area contributed by atoms with Crippen LogP contribution in [0.3, 0.4) is 0 Å². The quantitative estimate of drug-likeness (QED) is 0.666. The predicted octanol–water partition coefficient (Wildman–Crippen LogP) is 2.98. The first-order chi connectivity index (χ1) is 12.3. The molecule has 0 saturated carbocycles. The van der Waals surface area contributed by atoms with Crippen molar-refractivity contribution in [2.75, 3.05) is 30.8 Å². The Hall–Kier alpha value is -2.07. The minimum absolute atomic E-state index is 0.00886. The number of hydrogen-bond acceptors (Lipinski definition) is 6. The molecule has 142 valence electrons. The van der Waals surface area contributed by atoms with Crippen LogP contribution in [0.2, 0.25) is 5.02 Å². The molecular weight excluding hydrogens is 394 g/mol. The summed E-state index contributed by atoms with van der Waals surface area (Å²) in [5, 5.41) is 2.23. The lowest BCUT2D eigenvalue weighted by Gasteiger charge is -2.13. The highest BCUT2D eigenvalue weighted by atomic mass is 35.5. The van der Waals surface area contributed by atoms with Gasteiger partial charge in [0, 0.05) is 24.5 Å². The van der Waals surface area contributed by atoms with Gasteiger partial charge in [-0.3, -0.25) is 14.4 Å². The van der Waals surface area contributed by atoms with E-state index in [2.05, 4.69) is 10.1 Å². The lowest BCUT2D eigenvalue weighted by Crippen LogP contribution is -2.27. The van der Waals surface area contributed by atoms with Gasteiger partial charge in [0.05, 0.1) is 11.4 Å². The Kier molecular flexibility index (Phi) is 7.46. The highest BCUT2D eigenvalue weighted by Gasteiger charge is 2.21. The number of esters is 1. The Morgan fingerprint density at radius 2 is 2.15 bits per heavy atom. The van der Waals surface area contributed by atoms with Gasteiger partial charge in [-0.1, -0.05) is 23.4 Å². The molecule has 1 fully saturated rings. The Morgan fingerprint density at radius 3 is 2.77 bits per heavy atom. The summed E-state index contributed by atoms with van der Waals surface area (Å²) < 4.78 is 33.3. The third-order valence-corrected chi connectivity index (χ3v) is 4.41. The fourth-order valence-electron chi connectivity index (χ4n) is 2.04. The van der Waals surface area contributed by atoms with Gasteiger partial charge in [0.2, 0.25) is 0 Å². The minimum Gasteiger partial charge on any atom is -0.456 e. The Balaban J connectivity index is 1.73. The molecule has 1 aliphatic heterocycles. The summed E-state index contributed by atoms with van der Waals surface area (Å²) in [6.07, 6.45) is -0.00886. The number of benzene rings is 1. The van der Waals surface area contributed by atoms with E-state index >= 15 is 0 Å². The average molecular weight is 409 g/mol. The van der Waals surface area contributed by atoms with Crippen molar-refractivity contribution < 1.29 is 32.6 Å². The summed E-state index contributed by atoms with van der Waals surface area (Å²) in [5.41, 5.74) is 0.234. The molecule has 0 unspecified atom stereocenters. The number of halogens is 3. The third kappa shape index (κ3) is 6.34. The fourth-order valence-corrected chi connectivity index (χ4v) is 3.12. The largest absolute Gasteiger partial charge is 0.456 e. The first kappa shape index (κ1) is 20.2. The van der Waals surface area contributed by atoms with Crippen molar-refractivity contribution in [3.05, 3.63) is 23.2 Å². The number of thioether (sulfide) groups is 1. The highest BCUT2D eigenvalue weighted by Crippen LogP contribution is 2.28. The Bertz CT molecular complexity index is 692. The number of alkyl halides is 2. The average Bonchev–Trinajstić information content (AvgIpc) is 2.98. The van der Waals surface area contributed by atoms with Crippen LogP contribution in [0.25, 0.3) is 0 Å². The summed E-state index contributed by atoms with van der Waals surface area (Å²) in [5.74, 6) is -0.756. The number of nitrogens with one attached hydrogen (secondary N) is 1. The van der Waals surface area contributed by atoms with E-state index in [9.17, 15) is 23.2 Å². The van der Waals surface area contributed by atoms with E-state index in [-0.39, 0.29) is 34.7 Å². The Labute approximate surface area is 156 Å². The molecule has 0 radical (unpaired) electrons. The lowest BCUT2D eigenvalue weighted by molar-refractivity contribution is -0.147. The van der Waals surface area contributed by atoms with Gasteiger partial charge in [0.15, 0.2) is 6.61 Å². The maximum absolute atomic E-state index is 12.1. The monoisotopic (exact) mass is 408 g/mol. The number of amides is 2. The summed E-state index contributed by atoms with van der Waals surface area (Å²) >= 11 is 6.96. The first-order valence-corrected chi connectivity index (χ1v) is 8.83. The topological polar surface area (TPSA) is 84.9 Å². The number of carbonyl (C=O) groups is 3. The molecule has 2 amide bonds. The van der Waals surface area contributed by atoms with E-state index in [1.54, 1.807) is 0 Å². The maximum atomic E-state index is 12.1. The lowest BCUT2D eigenvalue weighted by atomic mass is 10.3. The molecule has 0 spiro atoms. The second-order valence-electron chi connectivity index (χ2n) is 5.08. The van der Waals surface area contributed by atoms with Crippen LogP contribution in [0, 0.1) is 0 Å². The van der Waals surface area contributed by atoms with Crippen LogP contribution in [-0.2, 0) is 14.3 Å². The molecule has 1 aliphatic rings. The number of carbonyl (C=O) groups excluding carboxylic acids is 3. The number of rotatable bonds is 8. The normalized spacial score (nSPS) is 13.8. The van der Waals surface area contributed by atoms with E-state index in [0.717, 1.165) is 0 Å². The Morgan fingerprint density at radius 1 is 1.38 bits per heavy atom. The number of nitrogens with zero attached hydrogens (tertiary/aromatic N) is 1. The van der Waals surface area contributed by atoms with Crippen molar-refractivity contribution in [3.8, 4) is 5.75 Å². The maximum Gasteiger partial charge on any atom is 0.387 e. The molecular formula is C15H15ClF2N2O5S. The van der Waals surface area contributed by atoms with Crippen LogP contribution in [0.5, 0.6) is 5.75 Å². The van der Waals surface area contributed by atoms with Gasteiger partial charge < -0.3 is 19.7 Å². The SMILES string of the molecule is O=C(COC(=O)CCN1CCSC1=O)Nc1ccc(OC(F)F)c(Cl)c1. The molecule has 0 aliphatic carbocycles. The van der Waals surface area contributed by atoms with Gasteiger partial charge in [-0.15, -0.1) is 0 Å². The number of ether oxygens (including phenoxy) is 2. The second kappa shape index (κ2) is 9.58. The molecule has 26 heavy (non-hydrogen) atoms.